The lowest BCUT2D eigenvalue weighted by Gasteiger charge is -2.31. The molecule has 1 aliphatic rings. The van der Waals surface area contributed by atoms with Crippen LogP contribution >= 0.6 is 0 Å². The lowest BCUT2D eigenvalue weighted by molar-refractivity contribution is -0.154. The smallest absolute Gasteiger partial charge is 0.329 e. The molecule has 1 aliphatic heterocycles. The SMILES string of the molecule is C/C=C\C1(/C=C/C)C(=O)OC(=O)C1(/C=C/C)/C=C/C. The third kappa shape index (κ3) is 2.09. The van der Waals surface area contributed by atoms with Crippen LogP contribution < -0.4 is 0 Å². The van der Waals surface area contributed by atoms with E-state index in [0.717, 1.165) is 0 Å². The van der Waals surface area contributed by atoms with Crippen molar-refractivity contribution in [1.82, 2.24) is 0 Å². The largest absolute Gasteiger partial charge is 0.391 e. The van der Waals surface area contributed by atoms with Crippen LogP contribution in [0.25, 0.3) is 0 Å². The number of carbonyl (C=O) groups is 2. The molecule has 0 aliphatic carbocycles. The van der Waals surface area contributed by atoms with Crippen LogP contribution in [-0.2, 0) is 14.3 Å². The summed E-state index contributed by atoms with van der Waals surface area (Å²) in [4.78, 5) is 24.5. The lowest BCUT2D eigenvalue weighted by Crippen LogP contribution is -2.39. The van der Waals surface area contributed by atoms with Gasteiger partial charge in [0.25, 0.3) is 0 Å². The van der Waals surface area contributed by atoms with E-state index < -0.39 is 22.8 Å². The molecule has 19 heavy (non-hydrogen) atoms. The van der Waals surface area contributed by atoms with Crippen LogP contribution in [0.15, 0.2) is 48.6 Å². The average molecular weight is 260 g/mol. The van der Waals surface area contributed by atoms with Gasteiger partial charge in [-0.2, -0.15) is 0 Å². The van der Waals surface area contributed by atoms with Gasteiger partial charge >= 0.3 is 11.9 Å². The molecule has 3 heteroatoms. The minimum Gasteiger partial charge on any atom is -0.391 e. The number of carbonyl (C=O) groups excluding carboxylic acids is 2. The molecule has 1 fully saturated rings. The standard InChI is InChI=1S/C16H20O3/c1-5-9-15(10-6-2)13(17)19-14(18)16(15,11-7-3)12-8-4/h5-12H,1-4H3/b9-5-,10-6+,11-7+,12-8+. The normalized spacial score (nSPS) is 27.4. The van der Waals surface area contributed by atoms with Crippen molar-refractivity contribution in [2.75, 3.05) is 0 Å². The van der Waals surface area contributed by atoms with E-state index in [0.29, 0.717) is 0 Å². The molecule has 0 saturated carbocycles. The Balaban J connectivity index is 3.70. The first-order valence-electron chi connectivity index (χ1n) is 6.36. The molecular formula is C16H20O3. The van der Waals surface area contributed by atoms with Gasteiger partial charge < -0.3 is 4.74 Å². The Morgan fingerprint density at radius 3 is 1.16 bits per heavy atom. The zero-order chi connectivity index (χ0) is 14.5. The van der Waals surface area contributed by atoms with Crippen molar-refractivity contribution < 1.29 is 14.3 Å². The molecule has 0 amide bonds. The van der Waals surface area contributed by atoms with E-state index in [4.69, 9.17) is 4.74 Å². The molecule has 3 nitrogen and oxygen atoms in total. The summed E-state index contributed by atoms with van der Waals surface area (Å²) in [7, 11) is 0. The molecule has 102 valence electrons. The number of rotatable bonds is 4. The fourth-order valence-electron chi connectivity index (χ4n) is 2.58. The first-order valence-corrected chi connectivity index (χ1v) is 6.36. The fraction of sp³-hybridized carbons (Fsp3) is 0.375. The highest BCUT2D eigenvalue weighted by molar-refractivity contribution is 6.06. The van der Waals surface area contributed by atoms with Crippen LogP contribution in [0.5, 0.6) is 0 Å². The Morgan fingerprint density at radius 1 is 0.684 bits per heavy atom. The minimum absolute atomic E-state index is 0.537. The van der Waals surface area contributed by atoms with Crippen molar-refractivity contribution in [3.05, 3.63) is 48.6 Å². The maximum Gasteiger partial charge on any atom is 0.329 e. The van der Waals surface area contributed by atoms with Gasteiger partial charge in [0.05, 0.1) is 0 Å². The van der Waals surface area contributed by atoms with Gasteiger partial charge in [0.1, 0.15) is 10.8 Å². The van der Waals surface area contributed by atoms with Crippen LogP contribution in [0.3, 0.4) is 0 Å². The Bertz CT molecular complexity index is 410. The molecule has 0 aromatic rings. The summed E-state index contributed by atoms with van der Waals surface area (Å²) in [5.74, 6) is -1.07. The summed E-state index contributed by atoms with van der Waals surface area (Å²) in [5.41, 5.74) is -2.21. The van der Waals surface area contributed by atoms with Crippen molar-refractivity contribution in [2.24, 2.45) is 10.8 Å². The lowest BCUT2D eigenvalue weighted by atomic mass is 9.63. The predicted molar refractivity (Wildman–Crippen MR) is 75.2 cm³/mol. The molecule has 1 heterocycles. The molecule has 1 saturated heterocycles. The summed E-state index contributed by atoms with van der Waals surface area (Å²) in [6, 6.07) is 0. The zero-order valence-corrected chi connectivity index (χ0v) is 11.8. The quantitative estimate of drug-likeness (QED) is 0.442. The van der Waals surface area contributed by atoms with Crippen LogP contribution in [0.2, 0.25) is 0 Å². The van der Waals surface area contributed by atoms with Crippen molar-refractivity contribution in [1.29, 1.82) is 0 Å². The number of ether oxygens (including phenoxy) is 1. The topological polar surface area (TPSA) is 43.4 Å². The van der Waals surface area contributed by atoms with Gasteiger partial charge in [0.2, 0.25) is 0 Å². The van der Waals surface area contributed by atoms with Gasteiger partial charge in [-0.25, -0.2) is 0 Å². The van der Waals surface area contributed by atoms with E-state index in [1.807, 2.05) is 27.7 Å². The summed E-state index contributed by atoms with van der Waals surface area (Å²) in [6.45, 7) is 7.27. The molecular weight excluding hydrogens is 240 g/mol. The van der Waals surface area contributed by atoms with E-state index in [1.165, 1.54) is 0 Å². The Morgan fingerprint density at radius 2 is 0.947 bits per heavy atom. The Kier molecular flexibility index (Phi) is 4.65. The fourth-order valence-corrected chi connectivity index (χ4v) is 2.58. The van der Waals surface area contributed by atoms with Gasteiger partial charge in [0.15, 0.2) is 0 Å². The minimum atomic E-state index is -1.10. The second-order valence-corrected chi connectivity index (χ2v) is 4.42. The van der Waals surface area contributed by atoms with Gasteiger partial charge in [-0.3, -0.25) is 9.59 Å². The average Bonchev–Trinajstić information content (AvgIpc) is 2.54. The first kappa shape index (κ1) is 15.2. The van der Waals surface area contributed by atoms with Crippen LogP contribution in [-0.4, -0.2) is 11.9 Å². The third-order valence-electron chi connectivity index (χ3n) is 3.26. The van der Waals surface area contributed by atoms with Crippen molar-refractivity contribution >= 4 is 11.9 Å². The summed E-state index contributed by atoms with van der Waals surface area (Å²) >= 11 is 0. The van der Waals surface area contributed by atoms with Crippen molar-refractivity contribution in [3.8, 4) is 0 Å². The molecule has 1 unspecified atom stereocenters. The summed E-state index contributed by atoms with van der Waals surface area (Å²) in [5, 5.41) is 0. The second kappa shape index (κ2) is 5.83. The van der Waals surface area contributed by atoms with Crippen molar-refractivity contribution in [2.45, 2.75) is 27.7 Å². The van der Waals surface area contributed by atoms with Crippen molar-refractivity contribution in [3.63, 3.8) is 0 Å². The molecule has 0 aromatic carbocycles. The molecule has 0 radical (unpaired) electrons. The van der Waals surface area contributed by atoms with Gasteiger partial charge in [-0.15, -0.1) is 0 Å². The molecule has 0 N–H and O–H groups in total. The molecule has 1 rings (SSSR count). The number of esters is 2. The number of hydrogen-bond acceptors (Lipinski definition) is 3. The molecule has 0 bridgehead atoms. The highest BCUT2D eigenvalue weighted by Crippen LogP contribution is 2.51. The van der Waals surface area contributed by atoms with Gasteiger partial charge in [-0.1, -0.05) is 48.6 Å². The van der Waals surface area contributed by atoms with Crippen LogP contribution in [0.1, 0.15) is 27.7 Å². The Labute approximate surface area is 114 Å². The number of cyclic esters (lactones) is 2. The van der Waals surface area contributed by atoms with E-state index in [1.54, 1.807) is 48.6 Å². The zero-order valence-electron chi connectivity index (χ0n) is 11.8. The number of allylic oxidation sites excluding steroid dienone is 4. The Hall–Kier alpha value is -1.90. The molecule has 0 aromatic heterocycles. The van der Waals surface area contributed by atoms with E-state index in [2.05, 4.69) is 0 Å². The molecule has 1 atom stereocenters. The summed E-state index contributed by atoms with van der Waals surface area (Å²) < 4.78 is 4.92. The molecule has 0 spiro atoms. The highest BCUT2D eigenvalue weighted by Gasteiger charge is 2.63. The number of hydrogen-bond donors (Lipinski definition) is 0. The maximum absolute atomic E-state index is 12.2. The second-order valence-electron chi connectivity index (χ2n) is 4.42. The van der Waals surface area contributed by atoms with Crippen LogP contribution in [0.4, 0.5) is 0 Å². The van der Waals surface area contributed by atoms with E-state index in [-0.39, 0.29) is 0 Å². The first-order chi connectivity index (χ1) is 9.04. The van der Waals surface area contributed by atoms with Crippen LogP contribution in [0, 0.1) is 10.8 Å². The van der Waals surface area contributed by atoms with E-state index >= 15 is 0 Å². The highest BCUT2D eigenvalue weighted by atomic mass is 16.6. The monoisotopic (exact) mass is 260 g/mol. The van der Waals surface area contributed by atoms with Gasteiger partial charge in [0, 0.05) is 0 Å². The predicted octanol–water partition coefficient (Wildman–Crippen LogP) is 3.35. The maximum atomic E-state index is 12.2. The summed E-state index contributed by atoms with van der Waals surface area (Å²) in [6.07, 6.45) is 14.0. The van der Waals surface area contributed by atoms with E-state index in [9.17, 15) is 9.59 Å². The van der Waals surface area contributed by atoms with Gasteiger partial charge in [-0.05, 0) is 27.7 Å². The third-order valence-corrected chi connectivity index (χ3v) is 3.26.